The van der Waals surface area contributed by atoms with E-state index in [0.29, 0.717) is 22.9 Å². The highest BCUT2D eigenvalue weighted by Gasteiger charge is 2.19. The van der Waals surface area contributed by atoms with E-state index in [1.807, 2.05) is 51.1 Å². The van der Waals surface area contributed by atoms with Gasteiger partial charge in [0.1, 0.15) is 12.4 Å². The lowest BCUT2D eigenvalue weighted by Gasteiger charge is -2.21. The van der Waals surface area contributed by atoms with E-state index in [-0.39, 0.29) is 11.4 Å². The highest BCUT2D eigenvalue weighted by molar-refractivity contribution is 6.31. The maximum atomic E-state index is 12.4. The molecule has 0 aliphatic heterocycles. The molecule has 0 spiro atoms. The van der Waals surface area contributed by atoms with E-state index in [2.05, 4.69) is 5.32 Å². The van der Waals surface area contributed by atoms with Crippen molar-refractivity contribution < 1.29 is 9.53 Å². The van der Waals surface area contributed by atoms with Crippen LogP contribution in [0.3, 0.4) is 0 Å². The lowest BCUT2D eigenvalue weighted by atomic mass is 10.1. The molecule has 0 aromatic heterocycles. The minimum atomic E-state index is -0.323. The lowest BCUT2D eigenvalue weighted by Crippen LogP contribution is -2.40. The average Bonchev–Trinajstić information content (AvgIpc) is 2.45. The van der Waals surface area contributed by atoms with E-state index < -0.39 is 0 Å². The molecular weight excluding hydrogens is 298 g/mol. The number of ether oxygens (including phenoxy) is 1. The molecule has 0 atom stereocenters. The topological polar surface area (TPSA) is 38.3 Å². The van der Waals surface area contributed by atoms with Crippen LogP contribution in [0.15, 0.2) is 48.5 Å². The molecule has 0 bridgehead atoms. The predicted molar refractivity (Wildman–Crippen MR) is 89.4 cm³/mol. The van der Waals surface area contributed by atoms with E-state index in [1.165, 1.54) is 0 Å². The minimum absolute atomic E-state index is 0.196. The van der Waals surface area contributed by atoms with Crippen LogP contribution in [0.4, 0.5) is 0 Å². The quantitative estimate of drug-likeness (QED) is 0.905. The molecular formula is C18H20ClNO2. The molecule has 2 aromatic rings. The maximum absolute atomic E-state index is 12.4. The van der Waals surface area contributed by atoms with Crippen molar-refractivity contribution >= 4 is 17.5 Å². The van der Waals surface area contributed by atoms with Crippen LogP contribution in [0.2, 0.25) is 5.02 Å². The summed E-state index contributed by atoms with van der Waals surface area (Å²) < 4.78 is 5.79. The summed E-state index contributed by atoms with van der Waals surface area (Å²) in [5.74, 6) is 0.327. The largest absolute Gasteiger partial charge is 0.488 e. The number of carbonyl (C=O) groups excluding carboxylic acids is 1. The first-order chi connectivity index (χ1) is 10.3. The molecule has 2 rings (SSSR count). The van der Waals surface area contributed by atoms with Gasteiger partial charge in [0.25, 0.3) is 5.91 Å². The van der Waals surface area contributed by atoms with Crippen molar-refractivity contribution in [2.75, 3.05) is 0 Å². The number of carbonyl (C=O) groups is 1. The summed E-state index contributed by atoms with van der Waals surface area (Å²) in [5, 5.41) is 3.43. The zero-order valence-electron chi connectivity index (χ0n) is 13.0. The Hall–Kier alpha value is -2.00. The van der Waals surface area contributed by atoms with Crippen LogP contribution in [0, 0.1) is 0 Å². The van der Waals surface area contributed by atoms with E-state index >= 15 is 0 Å². The van der Waals surface area contributed by atoms with Gasteiger partial charge in [-0.25, -0.2) is 0 Å². The van der Waals surface area contributed by atoms with E-state index in [4.69, 9.17) is 16.3 Å². The van der Waals surface area contributed by atoms with Crippen LogP contribution < -0.4 is 10.1 Å². The van der Waals surface area contributed by atoms with Crippen LogP contribution in [-0.2, 0) is 6.61 Å². The second-order valence-corrected chi connectivity index (χ2v) is 6.56. The Kier molecular flexibility index (Phi) is 5.09. The molecule has 0 radical (unpaired) electrons. The fraction of sp³-hybridized carbons (Fsp3) is 0.278. The summed E-state index contributed by atoms with van der Waals surface area (Å²) in [7, 11) is 0. The van der Waals surface area contributed by atoms with Gasteiger partial charge in [-0.3, -0.25) is 4.79 Å². The highest BCUT2D eigenvalue weighted by Crippen LogP contribution is 2.24. The number of rotatable bonds is 4. The number of halogens is 1. The van der Waals surface area contributed by atoms with Crippen LogP contribution in [0.1, 0.15) is 36.7 Å². The van der Waals surface area contributed by atoms with Crippen molar-refractivity contribution in [3.8, 4) is 5.75 Å². The first kappa shape index (κ1) is 16.4. The molecule has 0 fully saturated rings. The second-order valence-electron chi connectivity index (χ2n) is 6.12. The Morgan fingerprint density at radius 1 is 1.14 bits per heavy atom. The Labute approximate surface area is 136 Å². The summed E-state index contributed by atoms with van der Waals surface area (Å²) in [6.07, 6.45) is 0. The third kappa shape index (κ3) is 4.78. The Balaban J connectivity index is 2.19. The van der Waals surface area contributed by atoms with E-state index in [1.54, 1.807) is 18.2 Å². The van der Waals surface area contributed by atoms with Gasteiger partial charge in [0, 0.05) is 10.6 Å². The van der Waals surface area contributed by atoms with Crippen molar-refractivity contribution in [3.05, 3.63) is 64.7 Å². The van der Waals surface area contributed by atoms with Crippen LogP contribution in [0.5, 0.6) is 5.75 Å². The highest BCUT2D eigenvalue weighted by atomic mass is 35.5. The molecule has 22 heavy (non-hydrogen) atoms. The number of benzene rings is 2. The molecule has 0 aliphatic carbocycles. The third-order valence-electron chi connectivity index (χ3n) is 2.91. The number of amides is 1. The van der Waals surface area contributed by atoms with Gasteiger partial charge in [-0.15, -0.1) is 0 Å². The summed E-state index contributed by atoms with van der Waals surface area (Å²) in [6.45, 7) is 6.19. The van der Waals surface area contributed by atoms with E-state index in [9.17, 15) is 4.79 Å². The van der Waals surface area contributed by atoms with Crippen molar-refractivity contribution in [1.82, 2.24) is 5.32 Å². The van der Waals surface area contributed by atoms with Crippen LogP contribution >= 0.6 is 11.6 Å². The maximum Gasteiger partial charge on any atom is 0.255 e. The van der Waals surface area contributed by atoms with Crippen molar-refractivity contribution in [2.45, 2.75) is 32.9 Å². The summed E-state index contributed by atoms with van der Waals surface area (Å²) >= 11 is 6.01. The van der Waals surface area contributed by atoms with Crippen molar-refractivity contribution in [2.24, 2.45) is 0 Å². The fourth-order valence-corrected chi connectivity index (χ4v) is 2.12. The number of nitrogens with one attached hydrogen (secondary N) is 1. The summed E-state index contributed by atoms with van der Waals surface area (Å²) in [4.78, 5) is 12.4. The van der Waals surface area contributed by atoms with Crippen LogP contribution in [0.25, 0.3) is 0 Å². The molecule has 0 saturated carbocycles. The zero-order chi connectivity index (χ0) is 16.2. The van der Waals surface area contributed by atoms with Gasteiger partial charge in [-0.1, -0.05) is 41.9 Å². The van der Waals surface area contributed by atoms with Gasteiger partial charge in [0.15, 0.2) is 0 Å². The molecule has 0 unspecified atom stereocenters. The third-order valence-corrected chi connectivity index (χ3v) is 3.15. The standard InChI is InChI=1S/C18H20ClNO2/c1-18(2,3)20-17(21)15-11-14(19)9-10-16(15)22-12-13-7-5-4-6-8-13/h4-11H,12H2,1-3H3,(H,20,21). The molecule has 3 nitrogen and oxygen atoms in total. The Morgan fingerprint density at radius 2 is 1.82 bits per heavy atom. The average molecular weight is 318 g/mol. The first-order valence-corrected chi connectivity index (χ1v) is 7.52. The van der Waals surface area contributed by atoms with Crippen LogP contribution in [-0.4, -0.2) is 11.4 Å². The minimum Gasteiger partial charge on any atom is -0.488 e. The van der Waals surface area contributed by atoms with Gasteiger partial charge < -0.3 is 10.1 Å². The Bertz CT molecular complexity index is 648. The zero-order valence-corrected chi connectivity index (χ0v) is 13.8. The SMILES string of the molecule is CC(C)(C)NC(=O)c1cc(Cl)ccc1OCc1ccccc1. The molecule has 0 aliphatic rings. The molecule has 0 heterocycles. The van der Waals surface area contributed by atoms with Gasteiger partial charge in [-0.05, 0) is 44.5 Å². The molecule has 1 amide bonds. The summed E-state index contributed by atoms with van der Waals surface area (Å²) in [6, 6.07) is 14.9. The first-order valence-electron chi connectivity index (χ1n) is 7.14. The number of hydrogen-bond donors (Lipinski definition) is 1. The van der Waals surface area contributed by atoms with Gasteiger partial charge >= 0.3 is 0 Å². The monoisotopic (exact) mass is 317 g/mol. The smallest absolute Gasteiger partial charge is 0.255 e. The predicted octanol–water partition coefficient (Wildman–Crippen LogP) is 4.45. The fourth-order valence-electron chi connectivity index (χ4n) is 1.95. The van der Waals surface area contributed by atoms with E-state index in [0.717, 1.165) is 5.56 Å². The molecule has 2 aromatic carbocycles. The van der Waals surface area contributed by atoms with Gasteiger partial charge in [0.2, 0.25) is 0 Å². The van der Waals surface area contributed by atoms with Crippen molar-refractivity contribution in [1.29, 1.82) is 0 Å². The number of hydrogen-bond acceptors (Lipinski definition) is 2. The lowest BCUT2D eigenvalue weighted by molar-refractivity contribution is 0.0915. The summed E-state index contributed by atoms with van der Waals surface area (Å²) in [5.41, 5.74) is 1.16. The van der Waals surface area contributed by atoms with Crippen molar-refractivity contribution in [3.63, 3.8) is 0 Å². The molecule has 1 N–H and O–H groups in total. The molecule has 116 valence electrons. The normalized spacial score (nSPS) is 11.1. The molecule has 4 heteroatoms. The molecule has 0 saturated heterocycles. The van der Waals surface area contributed by atoms with Gasteiger partial charge in [0.05, 0.1) is 5.56 Å². The Morgan fingerprint density at radius 3 is 2.45 bits per heavy atom. The second kappa shape index (κ2) is 6.84. The van der Waals surface area contributed by atoms with Gasteiger partial charge in [-0.2, -0.15) is 0 Å².